The number of hydrogen-bond donors (Lipinski definition) is 1. The van der Waals surface area contributed by atoms with Gasteiger partial charge in [-0.25, -0.2) is 14.3 Å². The van der Waals surface area contributed by atoms with E-state index < -0.39 is 6.04 Å². The highest BCUT2D eigenvalue weighted by molar-refractivity contribution is 5.79. The van der Waals surface area contributed by atoms with Crippen LogP contribution in [0.1, 0.15) is 30.6 Å². The zero-order valence-corrected chi connectivity index (χ0v) is 16.0. The molecule has 1 amide bonds. The molecule has 1 atom stereocenters. The summed E-state index contributed by atoms with van der Waals surface area (Å²) in [7, 11) is 0. The Hall–Kier alpha value is -3.56. The quantitative estimate of drug-likeness (QED) is 0.621. The molecule has 0 spiro atoms. The number of carbonyl (C=O) groups is 1. The molecule has 0 aromatic carbocycles. The summed E-state index contributed by atoms with van der Waals surface area (Å²) in [5.74, 6) is 0.215. The zero-order chi connectivity index (χ0) is 20.4. The van der Waals surface area contributed by atoms with E-state index in [0.29, 0.717) is 5.82 Å². The van der Waals surface area contributed by atoms with Crippen molar-refractivity contribution < 1.29 is 4.79 Å². The SMILES string of the molecule is CC(C(=O)NCCn1nc(-n2ccnc2)ccc1=O)n1nc2c(cc1=O)CCC2. The summed E-state index contributed by atoms with van der Waals surface area (Å²) in [6.07, 6.45) is 7.59. The maximum Gasteiger partial charge on any atom is 0.267 e. The Kier molecular flexibility index (Phi) is 5.07. The summed E-state index contributed by atoms with van der Waals surface area (Å²) < 4.78 is 4.19. The van der Waals surface area contributed by atoms with Gasteiger partial charge in [-0.3, -0.25) is 19.0 Å². The molecule has 0 saturated heterocycles. The molecule has 3 aromatic heterocycles. The Morgan fingerprint density at radius 3 is 2.86 bits per heavy atom. The second-order valence-corrected chi connectivity index (χ2v) is 6.94. The predicted octanol–water partition coefficient (Wildman–Crippen LogP) is -0.148. The number of aromatic nitrogens is 6. The van der Waals surface area contributed by atoms with Gasteiger partial charge in [0.25, 0.3) is 11.1 Å². The Morgan fingerprint density at radius 1 is 1.21 bits per heavy atom. The molecule has 10 heteroatoms. The third-order valence-electron chi connectivity index (χ3n) is 4.97. The van der Waals surface area contributed by atoms with Crippen molar-refractivity contribution in [3.8, 4) is 5.82 Å². The van der Waals surface area contributed by atoms with E-state index in [-0.39, 0.29) is 30.1 Å². The molecule has 3 heterocycles. The summed E-state index contributed by atoms with van der Waals surface area (Å²) in [6, 6.07) is 3.85. The number of amides is 1. The van der Waals surface area contributed by atoms with Gasteiger partial charge in [0.2, 0.25) is 5.91 Å². The molecule has 0 saturated carbocycles. The summed E-state index contributed by atoms with van der Waals surface area (Å²) in [5, 5.41) is 11.4. The Bertz CT molecular complexity index is 1150. The van der Waals surface area contributed by atoms with Crippen LogP contribution in [0.25, 0.3) is 5.82 Å². The first-order valence-corrected chi connectivity index (χ1v) is 9.49. The molecule has 0 bridgehead atoms. The van der Waals surface area contributed by atoms with Gasteiger partial charge in [0, 0.05) is 31.1 Å². The molecule has 10 nitrogen and oxygen atoms in total. The van der Waals surface area contributed by atoms with Crippen molar-refractivity contribution in [3.05, 3.63) is 68.9 Å². The molecule has 3 aromatic rings. The smallest absolute Gasteiger partial charge is 0.267 e. The maximum atomic E-state index is 12.5. The molecule has 29 heavy (non-hydrogen) atoms. The molecular weight excluding hydrogens is 374 g/mol. The van der Waals surface area contributed by atoms with Gasteiger partial charge in [0.05, 0.1) is 12.2 Å². The fraction of sp³-hybridized carbons (Fsp3) is 0.368. The van der Waals surface area contributed by atoms with E-state index in [9.17, 15) is 14.4 Å². The number of aryl methyl sites for hydroxylation is 2. The van der Waals surface area contributed by atoms with E-state index in [4.69, 9.17) is 0 Å². The molecule has 0 radical (unpaired) electrons. The minimum atomic E-state index is -0.740. The van der Waals surface area contributed by atoms with Crippen LogP contribution < -0.4 is 16.4 Å². The predicted molar refractivity (Wildman–Crippen MR) is 104 cm³/mol. The lowest BCUT2D eigenvalue weighted by atomic mass is 10.2. The van der Waals surface area contributed by atoms with E-state index in [2.05, 4.69) is 20.5 Å². The van der Waals surface area contributed by atoms with E-state index in [1.807, 2.05) is 0 Å². The number of imidazole rings is 1. The molecular formula is C19H21N7O3. The first-order valence-electron chi connectivity index (χ1n) is 9.49. The molecule has 0 aliphatic heterocycles. The topological polar surface area (TPSA) is 117 Å². The monoisotopic (exact) mass is 395 g/mol. The minimum absolute atomic E-state index is 0.198. The van der Waals surface area contributed by atoms with Crippen molar-refractivity contribution in [1.82, 2.24) is 34.4 Å². The molecule has 1 aliphatic carbocycles. The number of hydrogen-bond acceptors (Lipinski definition) is 6. The van der Waals surface area contributed by atoms with Gasteiger partial charge in [-0.2, -0.15) is 10.2 Å². The second-order valence-electron chi connectivity index (χ2n) is 6.94. The zero-order valence-electron chi connectivity index (χ0n) is 16.0. The summed E-state index contributed by atoms with van der Waals surface area (Å²) in [4.78, 5) is 40.8. The molecule has 1 unspecified atom stereocenters. The van der Waals surface area contributed by atoms with Crippen molar-refractivity contribution in [1.29, 1.82) is 0 Å². The van der Waals surface area contributed by atoms with Gasteiger partial charge in [-0.1, -0.05) is 0 Å². The van der Waals surface area contributed by atoms with Crippen LogP contribution in [0.3, 0.4) is 0 Å². The van der Waals surface area contributed by atoms with Crippen LogP contribution in [-0.4, -0.2) is 41.6 Å². The molecule has 1 N–H and O–H groups in total. The third kappa shape index (κ3) is 3.86. The van der Waals surface area contributed by atoms with Gasteiger partial charge >= 0.3 is 0 Å². The van der Waals surface area contributed by atoms with Crippen molar-refractivity contribution in [2.45, 2.75) is 38.8 Å². The first kappa shape index (κ1) is 18.8. The van der Waals surface area contributed by atoms with Crippen LogP contribution in [0, 0.1) is 0 Å². The van der Waals surface area contributed by atoms with Crippen LogP contribution in [0.4, 0.5) is 0 Å². The van der Waals surface area contributed by atoms with Crippen LogP contribution in [0.2, 0.25) is 0 Å². The van der Waals surface area contributed by atoms with Gasteiger partial charge in [0.15, 0.2) is 5.82 Å². The van der Waals surface area contributed by atoms with E-state index in [1.165, 1.54) is 15.4 Å². The van der Waals surface area contributed by atoms with Crippen LogP contribution >= 0.6 is 0 Å². The Balaban J connectivity index is 1.41. The van der Waals surface area contributed by atoms with Gasteiger partial charge in [-0.05, 0) is 37.8 Å². The van der Waals surface area contributed by atoms with Crippen LogP contribution in [-0.2, 0) is 24.2 Å². The highest BCUT2D eigenvalue weighted by Crippen LogP contribution is 2.17. The standard InChI is InChI=1S/C19H21N7O3/c1-13(26-18(28)11-14-3-2-4-15(14)22-26)19(29)21-8-10-25-17(27)6-5-16(23-25)24-9-7-20-12-24/h5-7,9,11-13H,2-4,8,10H2,1H3,(H,21,29). The van der Waals surface area contributed by atoms with Crippen molar-refractivity contribution in [2.75, 3.05) is 6.54 Å². The fourth-order valence-electron chi connectivity index (χ4n) is 3.37. The largest absolute Gasteiger partial charge is 0.352 e. The average molecular weight is 395 g/mol. The van der Waals surface area contributed by atoms with Crippen LogP contribution in [0.5, 0.6) is 0 Å². The first-order chi connectivity index (χ1) is 14.0. The number of carbonyl (C=O) groups excluding carboxylic acids is 1. The summed E-state index contributed by atoms with van der Waals surface area (Å²) in [6.45, 7) is 2.03. The molecule has 4 rings (SSSR count). The van der Waals surface area contributed by atoms with E-state index in [0.717, 1.165) is 30.5 Å². The number of fused-ring (bicyclic) bond motifs is 1. The third-order valence-corrected chi connectivity index (χ3v) is 4.97. The van der Waals surface area contributed by atoms with Crippen molar-refractivity contribution in [2.24, 2.45) is 0 Å². The Labute approximate surface area is 165 Å². The molecule has 150 valence electrons. The second kappa shape index (κ2) is 7.82. The van der Waals surface area contributed by atoms with Gasteiger partial charge in [0.1, 0.15) is 12.4 Å². The number of rotatable bonds is 6. The highest BCUT2D eigenvalue weighted by atomic mass is 16.2. The summed E-state index contributed by atoms with van der Waals surface area (Å²) in [5.41, 5.74) is 1.31. The maximum absolute atomic E-state index is 12.5. The lowest BCUT2D eigenvalue weighted by molar-refractivity contribution is -0.124. The minimum Gasteiger partial charge on any atom is -0.352 e. The number of nitrogens with zero attached hydrogens (tertiary/aromatic N) is 6. The molecule has 0 fully saturated rings. The molecule has 1 aliphatic rings. The normalized spacial score (nSPS) is 13.8. The van der Waals surface area contributed by atoms with Crippen molar-refractivity contribution >= 4 is 5.91 Å². The lowest BCUT2D eigenvalue weighted by Gasteiger charge is -2.15. The number of nitrogens with one attached hydrogen (secondary N) is 1. The Morgan fingerprint density at radius 2 is 2.07 bits per heavy atom. The highest BCUT2D eigenvalue weighted by Gasteiger charge is 2.21. The van der Waals surface area contributed by atoms with Gasteiger partial charge < -0.3 is 5.32 Å². The average Bonchev–Trinajstić information content (AvgIpc) is 3.39. The lowest BCUT2D eigenvalue weighted by Crippen LogP contribution is -2.39. The van der Waals surface area contributed by atoms with E-state index in [1.54, 1.807) is 42.3 Å². The van der Waals surface area contributed by atoms with E-state index >= 15 is 0 Å². The fourth-order valence-corrected chi connectivity index (χ4v) is 3.37. The summed E-state index contributed by atoms with van der Waals surface area (Å²) >= 11 is 0. The van der Waals surface area contributed by atoms with Crippen LogP contribution in [0.15, 0.2) is 46.5 Å². The van der Waals surface area contributed by atoms with Crippen molar-refractivity contribution in [3.63, 3.8) is 0 Å². The van der Waals surface area contributed by atoms with Gasteiger partial charge in [-0.15, -0.1) is 0 Å².